The van der Waals surface area contributed by atoms with Gasteiger partial charge >= 0.3 is 6.03 Å². The lowest BCUT2D eigenvalue weighted by atomic mass is 9.72. The number of rotatable bonds is 6. The number of nitrogens with one attached hydrogen (secondary N) is 2. The van der Waals surface area contributed by atoms with Crippen molar-refractivity contribution >= 4 is 6.03 Å². The van der Waals surface area contributed by atoms with Crippen LogP contribution in [0.4, 0.5) is 4.79 Å². The van der Waals surface area contributed by atoms with Crippen LogP contribution < -0.4 is 10.6 Å². The van der Waals surface area contributed by atoms with Crippen molar-refractivity contribution in [2.24, 2.45) is 17.8 Å². The van der Waals surface area contributed by atoms with Crippen molar-refractivity contribution in [2.75, 3.05) is 6.54 Å². The number of carbonyl (C=O) groups is 1. The largest absolute Gasteiger partial charge is 0.338 e. The number of hydrogen-bond acceptors (Lipinski definition) is 1. The third-order valence-corrected chi connectivity index (χ3v) is 4.01. The fourth-order valence-corrected chi connectivity index (χ4v) is 2.78. The zero-order valence-electron chi connectivity index (χ0n) is 11.8. The third-order valence-electron chi connectivity index (χ3n) is 4.01. The molecule has 2 N–H and O–H groups in total. The quantitative estimate of drug-likeness (QED) is 0.735. The highest BCUT2D eigenvalue weighted by molar-refractivity contribution is 5.74. The second-order valence-corrected chi connectivity index (χ2v) is 5.69. The SMILES string of the molecule is CCNC(=O)N[C@H]1C[C@@H](C[C@@H](CC)C(C)C)C1. The lowest BCUT2D eigenvalue weighted by Crippen LogP contribution is -2.48. The molecule has 1 saturated carbocycles. The van der Waals surface area contributed by atoms with E-state index < -0.39 is 0 Å². The van der Waals surface area contributed by atoms with Gasteiger partial charge in [0.15, 0.2) is 0 Å². The molecule has 3 heteroatoms. The molecule has 100 valence electrons. The Balaban J connectivity index is 2.16. The zero-order chi connectivity index (χ0) is 12.8. The molecule has 0 aromatic heterocycles. The van der Waals surface area contributed by atoms with Gasteiger partial charge in [-0.25, -0.2) is 4.79 Å². The summed E-state index contributed by atoms with van der Waals surface area (Å²) in [6, 6.07) is 0.406. The van der Waals surface area contributed by atoms with Crippen molar-refractivity contribution in [3.63, 3.8) is 0 Å². The van der Waals surface area contributed by atoms with Crippen LogP contribution in [0, 0.1) is 17.8 Å². The fourth-order valence-electron chi connectivity index (χ4n) is 2.78. The Labute approximate surface area is 106 Å². The molecule has 3 nitrogen and oxygen atoms in total. The zero-order valence-corrected chi connectivity index (χ0v) is 11.8. The predicted octanol–water partition coefficient (Wildman–Crippen LogP) is 3.16. The first-order valence-corrected chi connectivity index (χ1v) is 7.11. The molecule has 1 aliphatic rings. The molecule has 0 aromatic rings. The topological polar surface area (TPSA) is 41.1 Å². The normalized spacial score (nSPS) is 25.2. The van der Waals surface area contributed by atoms with Crippen LogP contribution in [0.2, 0.25) is 0 Å². The van der Waals surface area contributed by atoms with Crippen LogP contribution in [0.5, 0.6) is 0 Å². The molecule has 1 atom stereocenters. The van der Waals surface area contributed by atoms with Crippen molar-refractivity contribution in [1.82, 2.24) is 10.6 Å². The van der Waals surface area contributed by atoms with Crippen LogP contribution in [0.25, 0.3) is 0 Å². The van der Waals surface area contributed by atoms with E-state index in [0.29, 0.717) is 12.6 Å². The first-order valence-electron chi connectivity index (χ1n) is 7.11. The highest BCUT2D eigenvalue weighted by Crippen LogP contribution is 2.35. The minimum absolute atomic E-state index is 0.00755. The second-order valence-electron chi connectivity index (χ2n) is 5.69. The van der Waals surface area contributed by atoms with E-state index in [2.05, 4.69) is 31.4 Å². The summed E-state index contributed by atoms with van der Waals surface area (Å²) in [7, 11) is 0. The molecule has 1 fully saturated rings. The Kier molecular flexibility index (Phi) is 5.79. The van der Waals surface area contributed by atoms with Gasteiger partial charge in [-0.1, -0.05) is 27.2 Å². The van der Waals surface area contributed by atoms with Crippen LogP contribution in [0.3, 0.4) is 0 Å². The third kappa shape index (κ3) is 4.57. The molecule has 1 rings (SSSR count). The minimum Gasteiger partial charge on any atom is -0.338 e. The van der Waals surface area contributed by atoms with Crippen LogP contribution in [0.15, 0.2) is 0 Å². The molecular weight excluding hydrogens is 212 g/mol. The van der Waals surface area contributed by atoms with Gasteiger partial charge in [0.25, 0.3) is 0 Å². The average Bonchev–Trinajstić information content (AvgIpc) is 2.21. The summed E-state index contributed by atoms with van der Waals surface area (Å²) in [5.41, 5.74) is 0. The maximum atomic E-state index is 11.3. The summed E-state index contributed by atoms with van der Waals surface area (Å²) < 4.78 is 0. The number of carbonyl (C=O) groups excluding carboxylic acids is 1. The molecule has 2 amide bonds. The van der Waals surface area contributed by atoms with E-state index in [4.69, 9.17) is 0 Å². The van der Waals surface area contributed by atoms with Gasteiger partial charge in [-0.05, 0) is 43.9 Å². The number of amides is 2. The first kappa shape index (κ1) is 14.3. The highest BCUT2D eigenvalue weighted by atomic mass is 16.2. The lowest BCUT2D eigenvalue weighted by molar-refractivity contribution is 0.163. The first-order chi connectivity index (χ1) is 8.06. The van der Waals surface area contributed by atoms with Crippen molar-refractivity contribution < 1.29 is 4.79 Å². The van der Waals surface area contributed by atoms with Crippen molar-refractivity contribution in [1.29, 1.82) is 0 Å². The van der Waals surface area contributed by atoms with Gasteiger partial charge < -0.3 is 10.6 Å². The molecule has 1 aliphatic carbocycles. The lowest BCUT2D eigenvalue weighted by Gasteiger charge is -2.38. The number of urea groups is 1. The molecule has 0 aliphatic heterocycles. The maximum Gasteiger partial charge on any atom is 0.314 e. The van der Waals surface area contributed by atoms with Gasteiger partial charge in [0.2, 0.25) is 0 Å². The van der Waals surface area contributed by atoms with Gasteiger partial charge in [-0.2, -0.15) is 0 Å². The molecule has 0 spiro atoms. The average molecular weight is 240 g/mol. The van der Waals surface area contributed by atoms with E-state index >= 15 is 0 Å². The van der Waals surface area contributed by atoms with Gasteiger partial charge in [0.05, 0.1) is 0 Å². The van der Waals surface area contributed by atoms with Crippen LogP contribution in [-0.4, -0.2) is 18.6 Å². The summed E-state index contributed by atoms with van der Waals surface area (Å²) in [6.45, 7) is 9.56. The monoisotopic (exact) mass is 240 g/mol. The Morgan fingerprint density at radius 2 is 1.94 bits per heavy atom. The molecule has 0 radical (unpaired) electrons. The number of hydrogen-bond donors (Lipinski definition) is 2. The predicted molar refractivity (Wildman–Crippen MR) is 72.0 cm³/mol. The molecular formula is C14H28N2O. The molecule has 0 aromatic carbocycles. The van der Waals surface area contributed by atoms with Gasteiger partial charge in [0.1, 0.15) is 0 Å². The van der Waals surface area contributed by atoms with Crippen molar-refractivity contribution in [2.45, 2.75) is 59.4 Å². The van der Waals surface area contributed by atoms with Gasteiger partial charge in [-0.3, -0.25) is 0 Å². The van der Waals surface area contributed by atoms with Crippen molar-refractivity contribution in [3.8, 4) is 0 Å². The Morgan fingerprint density at radius 1 is 1.29 bits per heavy atom. The van der Waals surface area contributed by atoms with Crippen molar-refractivity contribution in [3.05, 3.63) is 0 Å². The molecule has 0 saturated heterocycles. The summed E-state index contributed by atoms with van der Waals surface area (Å²) in [4.78, 5) is 11.3. The standard InChI is InChI=1S/C14H28N2O/c1-5-12(10(3)4)7-11-8-13(9-11)16-14(17)15-6-2/h10-13H,5-9H2,1-4H3,(H2,15,16,17)/t11-,12-,13+/m1/s1. The fraction of sp³-hybridized carbons (Fsp3) is 0.929. The van der Waals surface area contributed by atoms with Gasteiger partial charge in [-0.15, -0.1) is 0 Å². The van der Waals surface area contributed by atoms with E-state index in [1.165, 1.54) is 25.7 Å². The second kappa shape index (κ2) is 6.87. The summed E-state index contributed by atoms with van der Waals surface area (Å²) in [6.07, 6.45) is 4.95. The molecule has 0 unspecified atom stereocenters. The van der Waals surface area contributed by atoms with Crippen LogP contribution in [-0.2, 0) is 0 Å². The summed E-state index contributed by atoms with van der Waals surface area (Å²) >= 11 is 0. The smallest absolute Gasteiger partial charge is 0.314 e. The summed E-state index contributed by atoms with van der Waals surface area (Å²) in [5, 5.41) is 5.80. The van der Waals surface area contributed by atoms with Gasteiger partial charge in [0, 0.05) is 12.6 Å². The van der Waals surface area contributed by atoms with E-state index in [-0.39, 0.29) is 6.03 Å². The Morgan fingerprint density at radius 3 is 2.41 bits per heavy atom. The van der Waals surface area contributed by atoms with E-state index in [1.807, 2.05) is 6.92 Å². The van der Waals surface area contributed by atoms with E-state index in [0.717, 1.165) is 17.8 Å². The van der Waals surface area contributed by atoms with E-state index in [1.54, 1.807) is 0 Å². The molecule has 17 heavy (non-hydrogen) atoms. The summed E-state index contributed by atoms with van der Waals surface area (Å²) in [5.74, 6) is 2.47. The van der Waals surface area contributed by atoms with E-state index in [9.17, 15) is 4.79 Å². The molecule has 0 bridgehead atoms. The Hall–Kier alpha value is -0.730. The Bertz CT molecular complexity index is 234. The van der Waals surface area contributed by atoms with Crippen LogP contribution in [0.1, 0.15) is 53.4 Å². The molecule has 0 heterocycles. The minimum atomic E-state index is -0.00755. The maximum absolute atomic E-state index is 11.3. The highest BCUT2D eigenvalue weighted by Gasteiger charge is 2.32. The van der Waals surface area contributed by atoms with Crippen LogP contribution >= 0.6 is 0 Å².